The summed E-state index contributed by atoms with van der Waals surface area (Å²) in [5, 5.41) is 39.9. The first-order valence-electron chi connectivity index (χ1n) is 11.6. The fourth-order valence-corrected chi connectivity index (χ4v) is 2.20. The van der Waals surface area contributed by atoms with Crippen LogP contribution in [0.15, 0.2) is 0 Å². The van der Waals surface area contributed by atoms with Gasteiger partial charge in [-0.1, -0.05) is 81.1 Å². The van der Waals surface area contributed by atoms with E-state index in [4.69, 9.17) is 0 Å². The quantitative estimate of drug-likeness (QED) is 0.316. The van der Waals surface area contributed by atoms with Crippen molar-refractivity contribution in [2.45, 2.75) is 107 Å². The third-order valence-electron chi connectivity index (χ3n) is 4.50. The number of rotatable bonds is 12. The molecule has 0 N–H and O–H groups in total. The third kappa shape index (κ3) is 36.0. The van der Waals surface area contributed by atoms with Gasteiger partial charge in [-0.2, -0.15) is 0 Å². The van der Waals surface area contributed by atoms with Gasteiger partial charge in [0.1, 0.15) is 0 Å². The molecule has 0 heterocycles. The van der Waals surface area contributed by atoms with Gasteiger partial charge in [0.2, 0.25) is 0 Å². The molecular formula is C24H44CeO8. The second-order valence-electron chi connectivity index (χ2n) is 8.04. The van der Waals surface area contributed by atoms with Crippen molar-refractivity contribution in [3.05, 3.63) is 0 Å². The molecule has 192 valence electrons. The first kappa shape index (κ1) is 42.4. The van der Waals surface area contributed by atoms with Gasteiger partial charge in [-0.3, -0.25) is 0 Å². The van der Waals surface area contributed by atoms with E-state index >= 15 is 0 Å². The molecule has 9 heteroatoms. The van der Waals surface area contributed by atoms with Crippen LogP contribution in [-0.4, -0.2) is 23.9 Å². The Bertz CT molecular complexity index is 409. The largest absolute Gasteiger partial charge is 4.00 e. The van der Waals surface area contributed by atoms with Gasteiger partial charge >= 0.3 is 41.7 Å². The summed E-state index contributed by atoms with van der Waals surface area (Å²) >= 11 is 0. The van der Waals surface area contributed by atoms with Crippen LogP contribution in [0.5, 0.6) is 0 Å². The number of carbonyl (C=O) groups excluding carboxylic acids is 4. The van der Waals surface area contributed by atoms with E-state index in [1.807, 2.05) is 27.7 Å². The molecule has 0 aliphatic carbocycles. The number of hydrogen-bond donors (Lipinski definition) is 0. The maximum atomic E-state index is 9.98. The Morgan fingerprint density at radius 3 is 0.606 bits per heavy atom. The van der Waals surface area contributed by atoms with Crippen LogP contribution in [-0.2, 0) is 19.2 Å². The van der Waals surface area contributed by atoms with Gasteiger partial charge in [-0.25, -0.2) is 0 Å². The number of carboxylic acids is 4. The Labute approximate surface area is 234 Å². The minimum absolute atomic E-state index is 0. The summed E-state index contributed by atoms with van der Waals surface area (Å²) in [6.07, 6.45) is 6.55. The molecule has 0 bridgehead atoms. The molecule has 0 saturated carbocycles. The van der Waals surface area contributed by atoms with Crippen molar-refractivity contribution in [3.8, 4) is 0 Å². The summed E-state index contributed by atoms with van der Waals surface area (Å²) in [6, 6.07) is 0. The van der Waals surface area contributed by atoms with E-state index < -0.39 is 23.9 Å². The number of carboxylic acid groups (broad SMARTS) is 4. The van der Waals surface area contributed by atoms with Crippen LogP contribution in [0.2, 0.25) is 0 Å². The summed E-state index contributed by atoms with van der Waals surface area (Å²) in [5.74, 6) is -4.86. The average molecular weight is 601 g/mol. The molecule has 0 aromatic heterocycles. The molecule has 8 nitrogen and oxygen atoms in total. The summed E-state index contributed by atoms with van der Waals surface area (Å²) < 4.78 is 0. The zero-order chi connectivity index (χ0) is 26.3. The van der Waals surface area contributed by atoms with Crippen molar-refractivity contribution in [1.82, 2.24) is 0 Å². The maximum Gasteiger partial charge on any atom is 4.00 e. The molecule has 0 aliphatic rings. The topological polar surface area (TPSA) is 161 Å². The number of carbonyl (C=O) groups is 4. The first-order valence-corrected chi connectivity index (χ1v) is 11.6. The predicted molar refractivity (Wildman–Crippen MR) is 116 cm³/mol. The Morgan fingerprint density at radius 2 is 0.576 bits per heavy atom. The zero-order valence-corrected chi connectivity index (χ0v) is 24.9. The van der Waals surface area contributed by atoms with E-state index in [-0.39, 0.29) is 65.4 Å². The van der Waals surface area contributed by atoms with E-state index in [1.165, 1.54) is 0 Å². The molecule has 0 aliphatic heterocycles. The SMILES string of the molecule is CCCC(C)C(=O)[O-].CCCC(C)C(=O)[O-].CCCC(C)C(=O)[O-].CCCC(C)C(=O)[O-].[Ce+4]. The van der Waals surface area contributed by atoms with Crippen LogP contribution in [0.3, 0.4) is 0 Å². The van der Waals surface area contributed by atoms with Crippen molar-refractivity contribution in [3.63, 3.8) is 0 Å². The van der Waals surface area contributed by atoms with E-state index in [1.54, 1.807) is 27.7 Å². The van der Waals surface area contributed by atoms with Crippen LogP contribution in [0.25, 0.3) is 0 Å². The van der Waals surface area contributed by atoms with Gasteiger partial charge in [0.05, 0.1) is 0 Å². The zero-order valence-electron chi connectivity index (χ0n) is 21.7. The molecule has 0 fully saturated rings. The van der Waals surface area contributed by atoms with Gasteiger partial charge < -0.3 is 39.6 Å². The smallest absolute Gasteiger partial charge is 0.550 e. The Morgan fingerprint density at radius 1 is 0.455 bits per heavy atom. The summed E-state index contributed by atoms with van der Waals surface area (Å²) in [7, 11) is 0. The standard InChI is InChI=1S/4C6H12O2.Ce/c4*1-3-4-5(2)6(7)8;/h4*5H,3-4H2,1-2H3,(H,7,8);/q;;;;+4/p-4. The van der Waals surface area contributed by atoms with Crippen molar-refractivity contribution >= 4 is 23.9 Å². The molecule has 0 aromatic carbocycles. The minimum atomic E-state index is -0.938. The van der Waals surface area contributed by atoms with E-state index in [0.717, 1.165) is 51.4 Å². The molecule has 0 amide bonds. The first-order chi connectivity index (χ1) is 14.7. The van der Waals surface area contributed by atoms with Crippen molar-refractivity contribution in [1.29, 1.82) is 0 Å². The second kappa shape index (κ2) is 29.3. The maximum absolute atomic E-state index is 9.98. The monoisotopic (exact) mass is 600 g/mol. The van der Waals surface area contributed by atoms with E-state index in [0.29, 0.717) is 0 Å². The molecule has 0 radical (unpaired) electrons. The summed E-state index contributed by atoms with van der Waals surface area (Å²) in [6.45, 7) is 14.5. The van der Waals surface area contributed by atoms with Crippen LogP contribution < -0.4 is 20.4 Å². The molecule has 33 heavy (non-hydrogen) atoms. The fourth-order valence-electron chi connectivity index (χ4n) is 2.20. The average Bonchev–Trinajstić information content (AvgIpc) is 2.70. The summed E-state index contributed by atoms with van der Waals surface area (Å²) in [4.78, 5) is 39.9. The minimum Gasteiger partial charge on any atom is -0.550 e. The molecule has 0 aromatic rings. The Balaban J connectivity index is -0.000000105. The molecule has 4 atom stereocenters. The number of aliphatic carboxylic acids is 4. The van der Waals surface area contributed by atoms with Crippen molar-refractivity contribution in [2.75, 3.05) is 0 Å². The van der Waals surface area contributed by atoms with Crippen molar-refractivity contribution < 1.29 is 81.4 Å². The van der Waals surface area contributed by atoms with Crippen molar-refractivity contribution in [2.24, 2.45) is 23.7 Å². The van der Waals surface area contributed by atoms with Crippen LogP contribution in [0, 0.1) is 65.4 Å². The van der Waals surface area contributed by atoms with E-state index in [9.17, 15) is 39.6 Å². The van der Waals surface area contributed by atoms with Gasteiger partial charge in [-0.15, -0.1) is 0 Å². The number of hydrogen-bond acceptors (Lipinski definition) is 8. The second-order valence-corrected chi connectivity index (χ2v) is 8.04. The van der Waals surface area contributed by atoms with Gasteiger partial charge in [-0.05, 0) is 49.4 Å². The van der Waals surface area contributed by atoms with Gasteiger partial charge in [0.25, 0.3) is 0 Å². The predicted octanol–water partition coefficient (Wildman–Crippen LogP) is 0.690. The Kier molecular flexibility index (Phi) is 37.6. The van der Waals surface area contributed by atoms with E-state index in [2.05, 4.69) is 0 Å². The third-order valence-corrected chi connectivity index (χ3v) is 4.50. The van der Waals surface area contributed by atoms with Crippen LogP contribution >= 0.6 is 0 Å². The molecule has 4 unspecified atom stereocenters. The van der Waals surface area contributed by atoms with Gasteiger partial charge in [0.15, 0.2) is 0 Å². The van der Waals surface area contributed by atoms with Crippen LogP contribution in [0.4, 0.5) is 0 Å². The molecular weight excluding hydrogens is 556 g/mol. The fraction of sp³-hybridized carbons (Fsp3) is 0.833. The molecule has 0 spiro atoms. The molecule has 0 saturated heterocycles. The molecule has 0 rings (SSSR count). The van der Waals surface area contributed by atoms with Crippen LogP contribution in [0.1, 0.15) is 107 Å². The van der Waals surface area contributed by atoms with Gasteiger partial charge in [0, 0.05) is 23.9 Å². The Hall–Kier alpha value is -0.743. The normalized spacial score (nSPS) is 12.8. The summed E-state index contributed by atoms with van der Waals surface area (Å²) in [5.41, 5.74) is 0.